The van der Waals surface area contributed by atoms with E-state index in [4.69, 9.17) is 6.42 Å². The number of fused-ring (bicyclic) bond motifs is 3. The molecular formula is C47H74. The lowest BCUT2D eigenvalue weighted by atomic mass is 9.70. The second-order valence-corrected chi connectivity index (χ2v) is 15.2. The zero-order chi connectivity index (χ0) is 33.3. The van der Waals surface area contributed by atoms with E-state index < -0.39 is 0 Å². The second-order valence-electron chi connectivity index (χ2n) is 15.2. The molecule has 47 heavy (non-hydrogen) atoms. The van der Waals surface area contributed by atoms with E-state index in [1.165, 1.54) is 209 Å². The average Bonchev–Trinajstić information content (AvgIpc) is 3.37. The first-order chi connectivity index (χ1) is 23.3. The van der Waals surface area contributed by atoms with Crippen LogP contribution >= 0.6 is 0 Å². The normalized spacial score (nSPS) is 13.0. The zero-order valence-electron chi connectivity index (χ0n) is 31.3. The highest BCUT2D eigenvalue weighted by Gasteiger charge is 2.42. The van der Waals surface area contributed by atoms with Crippen molar-refractivity contribution < 1.29 is 0 Å². The fourth-order valence-corrected chi connectivity index (χ4v) is 8.45. The van der Waals surface area contributed by atoms with Crippen molar-refractivity contribution >= 4 is 0 Å². The van der Waals surface area contributed by atoms with Gasteiger partial charge in [-0.3, -0.25) is 0 Å². The fourth-order valence-electron chi connectivity index (χ4n) is 8.45. The van der Waals surface area contributed by atoms with Crippen molar-refractivity contribution in [1.29, 1.82) is 0 Å². The van der Waals surface area contributed by atoms with Crippen LogP contribution in [-0.2, 0) is 5.41 Å². The number of benzene rings is 2. The minimum atomic E-state index is 0.132. The maximum atomic E-state index is 5.95. The molecule has 0 aliphatic heterocycles. The van der Waals surface area contributed by atoms with E-state index in [1.807, 2.05) is 0 Å². The van der Waals surface area contributed by atoms with E-state index >= 15 is 0 Å². The summed E-state index contributed by atoms with van der Waals surface area (Å²) in [5.74, 6) is 2.96. The van der Waals surface area contributed by atoms with Crippen LogP contribution in [0.3, 0.4) is 0 Å². The van der Waals surface area contributed by atoms with E-state index in [2.05, 4.69) is 62.2 Å². The van der Waals surface area contributed by atoms with Gasteiger partial charge in [0.25, 0.3) is 0 Å². The summed E-state index contributed by atoms with van der Waals surface area (Å²) in [5.41, 5.74) is 7.18. The van der Waals surface area contributed by atoms with Gasteiger partial charge in [0.2, 0.25) is 0 Å². The molecule has 3 rings (SSSR count). The van der Waals surface area contributed by atoms with Crippen LogP contribution in [-0.4, -0.2) is 0 Å². The largest absolute Gasteiger partial charge is 0.115 e. The molecular weight excluding hydrogens is 565 g/mol. The minimum absolute atomic E-state index is 0.132. The molecule has 1 aliphatic rings. The summed E-state index contributed by atoms with van der Waals surface area (Å²) in [6.07, 6.45) is 48.2. The Balaban J connectivity index is 1.42. The molecule has 0 unspecified atom stereocenters. The third kappa shape index (κ3) is 14.2. The Labute approximate surface area is 293 Å². The smallest absolute Gasteiger partial charge is 0.0246 e. The summed E-state index contributed by atoms with van der Waals surface area (Å²) in [5, 5.41) is 0. The quantitative estimate of drug-likeness (QED) is 0.0590. The van der Waals surface area contributed by atoms with Gasteiger partial charge in [-0.15, -0.1) is 6.42 Å². The first-order valence-corrected chi connectivity index (χ1v) is 21.0. The van der Waals surface area contributed by atoms with Crippen molar-refractivity contribution in [3.05, 3.63) is 59.2 Å². The fraction of sp³-hybridized carbons (Fsp3) is 0.702. The number of terminal acetylenes is 1. The van der Waals surface area contributed by atoms with Crippen LogP contribution in [0, 0.1) is 12.3 Å². The molecule has 0 radical (unpaired) electrons. The number of hydrogen-bond acceptors (Lipinski definition) is 0. The third-order valence-electron chi connectivity index (χ3n) is 11.3. The summed E-state index contributed by atoms with van der Waals surface area (Å²) in [4.78, 5) is 0. The van der Waals surface area contributed by atoms with Gasteiger partial charge in [0.1, 0.15) is 0 Å². The maximum Gasteiger partial charge on any atom is 0.0246 e. The summed E-state index contributed by atoms with van der Waals surface area (Å²) in [7, 11) is 0. The minimum Gasteiger partial charge on any atom is -0.115 e. The van der Waals surface area contributed by atoms with Gasteiger partial charge >= 0.3 is 0 Å². The van der Waals surface area contributed by atoms with E-state index in [1.54, 1.807) is 5.56 Å². The lowest BCUT2D eigenvalue weighted by Gasteiger charge is -2.33. The Morgan fingerprint density at radius 1 is 0.426 bits per heavy atom. The first kappa shape index (κ1) is 39.4. The molecule has 0 heteroatoms. The highest BCUT2D eigenvalue weighted by molar-refractivity contribution is 5.81. The highest BCUT2D eigenvalue weighted by Crippen LogP contribution is 2.54. The van der Waals surface area contributed by atoms with Crippen LogP contribution < -0.4 is 0 Å². The molecule has 0 amide bonds. The second kappa shape index (κ2) is 25.0. The maximum absolute atomic E-state index is 5.95. The lowest BCUT2D eigenvalue weighted by Crippen LogP contribution is -2.25. The third-order valence-corrected chi connectivity index (χ3v) is 11.3. The van der Waals surface area contributed by atoms with Crippen LogP contribution in [0.1, 0.15) is 223 Å². The van der Waals surface area contributed by atoms with Crippen molar-refractivity contribution in [2.45, 2.75) is 212 Å². The number of unbranched alkanes of at least 4 members (excludes halogenated alkanes) is 26. The van der Waals surface area contributed by atoms with Crippen LogP contribution in [0.25, 0.3) is 11.1 Å². The molecule has 0 saturated heterocycles. The van der Waals surface area contributed by atoms with Crippen molar-refractivity contribution in [2.24, 2.45) is 0 Å². The van der Waals surface area contributed by atoms with Crippen molar-refractivity contribution in [1.82, 2.24) is 0 Å². The first-order valence-electron chi connectivity index (χ1n) is 21.0. The molecule has 2 aromatic rings. The molecule has 0 heterocycles. The predicted molar refractivity (Wildman–Crippen MR) is 210 cm³/mol. The average molecular weight is 639 g/mol. The standard InChI is InChI=1S/C47H74/c1-4-7-9-11-13-15-17-19-21-23-25-27-29-33-39-47(40-34-30-28-26-24-22-20-18-16-14-12-10-8-5-2)45-36-32-31-35-43(45)44-38-37-42(6-3)41-46(44)47/h3,31-32,35-38,41H,4-5,7-30,33-34,39-40H2,1-2H3. The van der Waals surface area contributed by atoms with Gasteiger partial charge in [-0.25, -0.2) is 0 Å². The van der Waals surface area contributed by atoms with Crippen molar-refractivity contribution in [3.63, 3.8) is 0 Å². The summed E-state index contributed by atoms with van der Waals surface area (Å²) in [6, 6.07) is 16.2. The molecule has 1 aliphatic carbocycles. The van der Waals surface area contributed by atoms with Crippen molar-refractivity contribution in [2.75, 3.05) is 0 Å². The predicted octanol–water partition coefficient (Wildman–Crippen LogP) is 15.7. The zero-order valence-corrected chi connectivity index (χ0v) is 31.3. The van der Waals surface area contributed by atoms with E-state index in [0.29, 0.717) is 0 Å². The molecule has 262 valence electrons. The Morgan fingerprint density at radius 3 is 1.19 bits per heavy atom. The molecule has 2 aromatic carbocycles. The SMILES string of the molecule is C#Cc1ccc2c(c1)C(CCCCCCCCCCCCCCCC)(CCCCCCCCCCCCCCCC)c1ccccc1-2. The highest BCUT2D eigenvalue weighted by atomic mass is 14.4. The molecule has 0 aromatic heterocycles. The van der Waals surface area contributed by atoms with Gasteiger partial charge in [0.05, 0.1) is 0 Å². The molecule has 0 spiro atoms. The molecule has 0 N–H and O–H groups in total. The topological polar surface area (TPSA) is 0 Å². The molecule has 0 bridgehead atoms. The van der Waals surface area contributed by atoms with Gasteiger partial charge in [-0.05, 0) is 47.2 Å². The molecule has 0 atom stereocenters. The number of hydrogen-bond donors (Lipinski definition) is 0. The van der Waals surface area contributed by atoms with Crippen LogP contribution in [0.5, 0.6) is 0 Å². The lowest BCUT2D eigenvalue weighted by molar-refractivity contribution is 0.396. The van der Waals surface area contributed by atoms with Gasteiger partial charge < -0.3 is 0 Å². The molecule has 0 fully saturated rings. The monoisotopic (exact) mass is 639 g/mol. The van der Waals surface area contributed by atoms with E-state index in [0.717, 1.165) is 5.56 Å². The molecule has 0 nitrogen and oxygen atoms in total. The molecule has 0 saturated carbocycles. The van der Waals surface area contributed by atoms with E-state index in [9.17, 15) is 0 Å². The summed E-state index contributed by atoms with van der Waals surface area (Å²) < 4.78 is 0. The Kier molecular flexibility index (Phi) is 21.0. The van der Waals surface area contributed by atoms with Gasteiger partial charge in [0, 0.05) is 11.0 Å². The van der Waals surface area contributed by atoms with Gasteiger partial charge in [-0.1, -0.05) is 230 Å². The van der Waals surface area contributed by atoms with E-state index in [-0.39, 0.29) is 5.41 Å². The summed E-state index contributed by atoms with van der Waals surface area (Å²) in [6.45, 7) is 4.61. The Bertz CT molecular complexity index is 1070. The van der Waals surface area contributed by atoms with Crippen LogP contribution in [0.15, 0.2) is 42.5 Å². The summed E-state index contributed by atoms with van der Waals surface area (Å²) >= 11 is 0. The van der Waals surface area contributed by atoms with Crippen LogP contribution in [0.4, 0.5) is 0 Å². The van der Waals surface area contributed by atoms with Crippen molar-refractivity contribution in [3.8, 4) is 23.5 Å². The van der Waals surface area contributed by atoms with Gasteiger partial charge in [0.15, 0.2) is 0 Å². The Hall–Kier alpha value is -2.00. The van der Waals surface area contributed by atoms with Crippen LogP contribution in [0.2, 0.25) is 0 Å². The number of rotatable bonds is 30. The van der Waals surface area contributed by atoms with Gasteiger partial charge in [-0.2, -0.15) is 0 Å². The Morgan fingerprint density at radius 2 is 0.787 bits per heavy atom.